The Hall–Kier alpha value is -1.66. The van der Waals surface area contributed by atoms with Crippen molar-refractivity contribution in [3.05, 3.63) is 50.7 Å². The molecule has 0 bridgehead atoms. The number of halogens is 3. The molecule has 0 amide bonds. The maximum atomic E-state index is 13.6. The maximum Gasteiger partial charge on any atom is 0.340 e. The Kier molecular flexibility index (Phi) is 4.57. The van der Waals surface area contributed by atoms with Crippen LogP contribution in [0.1, 0.15) is 15.2 Å². The molecule has 1 aromatic heterocycles. The SMILES string of the molecule is COC(=O)c1cc(NCc2ccc(Cl)s2)c(F)cc1F. The van der Waals surface area contributed by atoms with Crippen LogP contribution in [0.5, 0.6) is 0 Å². The Morgan fingerprint density at radius 3 is 2.70 bits per heavy atom. The van der Waals surface area contributed by atoms with Crippen molar-refractivity contribution in [3.63, 3.8) is 0 Å². The van der Waals surface area contributed by atoms with Gasteiger partial charge in [0, 0.05) is 17.5 Å². The van der Waals surface area contributed by atoms with Crippen molar-refractivity contribution in [1.29, 1.82) is 0 Å². The number of rotatable bonds is 4. The molecule has 0 aliphatic rings. The number of benzene rings is 1. The third-order valence-corrected chi connectivity index (χ3v) is 3.78. The highest BCUT2D eigenvalue weighted by Crippen LogP contribution is 2.24. The molecular formula is C13H10ClF2NO2S. The Balaban J connectivity index is 2.20. The minimum absolute atomic E-state index is 0.0244. The molecule has 0 saturated carbocycles. The molecule has 0 aliphatic heterocycles. The third-order valence-electron chi connectivity index (χ3n) is 2.54. The van der Waals surface area contributed by atoms with Crippen LogP contribution in [-0.4, -0.2) is 13.1 Å². The quantitative estimate of drug-likeness (QED) is 0.864. The van der Waals surface area contributed by atoms with E-state index in [-0.39, 0.29) is 11.3 Å². The smallest absolute Gasteiger partial charge is 0.340 e. The average molecular weight is 318 g/mol. The van der Waals surface area contributed by atoms with Gasteiger partial charge in [0.15, 0.2) is 0 Å². The lowest BCUT2D eigenvalue weighted by Gasteiger charge is -2.09. The van der Waals surface area contributed by atoms with Crippen LogP contribution in [0.3, 0.4) is 0 Å². The summed E-state index contributed by atoms with van der Waals surface area (Å²) in [5.74, 6) is -2.60. The van der Waals surface area contributed by atoms with Gasteiger partial charge in [-0.05, 0) is 18.2 Å². The monoisotopic (exact) mass is 317 g/mol. The first-order chi connectivity index (χ1) is 9.51. The minimum atomic E-state index is -0.959. The van der Waals surface area contributed by atoms with Crippen molar-refractivity contribution in [1.82, 2.24) is 0 Å². The van der Waals surface area contributed by atoms with Gasteiger partial charge in [-0.25, -0.2) is 13.6 Å². The molecule has 7 heteroatoms. The maximum absolute atomic E-state index is 13.6. The summed E-state index contributed by atoms with van der Waals surface area (Å²) in [5, 5.41) is 2.79. The molecule has 20 heavy (non-hydrogen) atoms. The zero-order chi connectivity index (χ0) is 14.7. The van der Waals surface area contributed by atoms with E-state index in [0.29, 0.717) is 16.9 Å². The van der Waals surface area contributed by atoms with E-state index in [1.54, 1.807) is 12.1 Å². The second kappa shape index (κ2) is 6.19. The van der Waals surface area contributed by atoms with Gasteiger partial charge < -0.3 is 10.1 Å². The Morgan fingerprint density at radius 1 is 1.35 bits per heavy atom. The van der Waals surface area contributed by atoms with Gasteiger partial charge in [0.25, 0.3) is 0 Å². The van der Waals surface area contributed by atoms with Crippen LogP contribution in [0.15, 0.2) is 24.3 Å². The van der Waals surface area contributed by atoms with Gasteiger partial charge in [-0.2, -0.15) is 0 Å². The molecule has 0 radical (unpaired) electrons. The average Bonchev–Trinajstić information content (AvgIpc) is 2.83. The lowest BCUT2D eigenvalue weighted by atomic mass is 10.1. The van der Waals surface area contributed by atoms with E-state index in [1.165, 1.54) is 11.3 Å². The lowest BCUT2D eigenvalue weighted by molar-refractivity contribution is 0.0595. The molecule has 1 heterocycles. The van der Waals surface area contributed by atoms with Gasteiger partial charge in [0.2, 0.25) is 0 Å². The van der Waals surface area contributed by atoms with E-state index >= 15 is 0 Å². The molecule has 0 unspecified atom stereocenters. The first kappa shape index (κ1) is 14.7. The summed E-state index contributed by atoms with van der Waals surface area (Å²) >= 11 is 7.13. The molecule has 106 valence electrons. The standard InChI is InChI=1S/C13H10ClF2NO2S/c1-19-13(18)8-4-11(10(16)5-9(8)15)17-6-7-2-3-12(14)20-7/h2-5,17H,6H2,1H3. The Bertz CT molecular complexity index is 645. The molecule has 0 atom stereocenters. The van der Waals surface area contributed by atoms with E-state index in [9.17, 15) is 13.6 Å². The van der Waals surface area contributed by atoms with E-state index in [1.807, 2.05) is 0 Å². The molecule has 3 nitrogen and oxygen atoms in total. The second-order valence-corrected chi connectivity index (χ2v) is 5.66. The number of anilines is 1. The number of methoxy groups -OCH3 is 1. The third kappa shape index (κ3) is 3.26. The minimum Gasteiger partial charge on any atom is -0.465 e. The fraction of sp³-hybridized carbons (Fsp3) is 0.154. The van der Waals surface area contributed by atoms with Crippen LogP contribution in [0.4, 0.5) is 14.5 Å². The Labute approximate surface area is 123 Å². The van der Waals surface area contributed by atoms with Crippen LogP contribution in [0.25, 0.3) is 0 Å². The van der Waals surface area contributed by atoms with Crippen molar-refractivity contribution in [2.24, 2.45) is 0 Å². The summed E-state index contributed by atoms with van der Waals surface area (Å²) in [6.07, 6.45) is 0. The number of nitrogens with one attached hydrogen (secondary N) is 1. The molecule has 1 aromatic carbocycles. The van der Waals surface area contributed by atoms with Gasteiger partial charge in [-0.1, -0.05) is 11.6 Å². The fourth-order valence-electron chi connectivity index (χ4n) is 1.58. The molecule has 2 rings (SSSR count). The van der Waals surface area contributed by atoms with Crippen molar-refractivity contribution in [3.8, 4) is 0 Å². The summed E-state index contributed by atoms with van der Waals surface area (Å²) in [6.45, 7) is 0.320. The molecule has 0 fully saturated rings. The van der Waals surface area contributed by atoms with Crippen LogP contribution >= 0.6 is 22.9 Å². The predicted molar refractivity (Wildman–Crippen MR) is 74.4 cm³/mol. The zero-order valence-electron chi connectivity index (χ0n) is 10.4. The molecule has 0 aliphatic carbocycles. The largest absolute Gasteiger partial charge is 0.465 e. The van der Waals surface area contributed by atoms with Crippen molar-refractivity contribution >= 4 is 34.6 Å². The first-order valence-electron chi connectivity index (χ1n) is 5.56. The number of carbonyl (C=O) groups excluding carboxylic acids is 1. The van der Waals surface area contributed by atoms with Gasteiger partial charge in [0.1, 0.15) is 11.6 Å². The van der Waals surface area contributed by atoms with E-state index < -0.39 is 17.6 Å². The molecule has 0 saturated heterocycles. The normalized spacial score (nSPS) is 10.4. The molecular weight excluding hydrogens is 308 g/mol. The summed E-state index contributed by atoms with van der Waals surface area (Å²) in [7, 11) is 1.13. The fourth-order valence-corrected chi connectivity index (χ4v) is 2.61. The van der Waals surface area contributed by atoms with Gasteiger partial charge in [0.05, 0.1) is 22.7 Å². The second-order valence-electron chi connectivity index (χ2n) is 3.86. The molecule has 1 N–H and O–H groups in total. The number of hydrogen-bond acceptors (Lipinski definition) is 4. The van der Waals surface area contributed by atoms with E-state index in [2.05, 4.69) is 10.1 Å². The highest BCUT2D eigenvalue weighted by molar-refractivity contribution is 7.16. The number of ether oxygens (including phenoxy) is 1. The van der Waals surface area contributed by atoms with Crippen LogP contribution in [-0.2, 0) is 11.3 Å². The number of carbonyl (C=O) groups is 1. The number of thiophene rings is 1. The number of esters is 1. The summed E-state index contributed by atoms with van der Waals surface area (Å²) < 4.78 is 32.1. The van der Waals surface area contributed by atoms with Gasteiger partial charge in [-0.15, -0.1) is 11.3 Å². The van der Waals surface area contributed by atoms with Gasteiger partial charge >= 0.3 is 5.97 Å². The lowest BCUT2D eigenvalue weighted by Crippen LogP contribution is -2.08. The molecule has 2 aromatic rings. The van der Waals surface area contributed by atoms with Gasteiger partial charge in [-0.3, -0.25) is 0 Å². The molecule has 0 spiro atoms. The van der Waals surface area contributed by atoms with E-state index in [4.69, 9.17) is 11.6 Å². The van der Waals surface area contributed by atoms with Crippen molar-refractivity contribution in [2.45, 2.75) is 6.54 Å². The zero-order valence-corrected chi connectivity index (χ0v) is 11.9. The summed E-state index contributed by atoms with van der Waals surface area (Å²) in [6, 6.07) is 5.26. The van der Waals surface area contributed by atoms with Crippen LogP contribution < -0.4 is 5.32 Å². The van der Waals surface area contributed by atoms with Crippen molar-refractivity contribution in [2.75, 3.05) is 12.4 Å². The topological polar surface area (TPSA) is 38.3 Å². The van der Waals surface area contributed by atoms with Crippen LogP contribution in [0, 0.1) is 11.6 Å². The highest BCUT2D eigenvalue weighted by atomic mass is 35.5. The first-order valence-corrected chi connectivity index (χ1v) is 6.76. The summed E-state index contributed by atoms with van der Waals surface area (Å²) in [4.78, 5) is 12.2. The highest BCUT2D eigenvalue weighted by Gasteiger charge is 2.16. The number of hydrogen-bond donors (Lipinski definition) is 1. The van der Waals surface area contributed by atoms with Crippen molar-refractivity contribution < 1.29 is 18.3 Å². The van der Waals surface area contributed by atoms with Crippen LogP contribution in [0.2, 0.25) is 4.34 Å². The van der Waals surface area contributed by atoms with E-state index in [0.717, 1.165) is 18.1 Å². The Morgan fingerprint density at radius 2 is 2.10 bits per heavy atom. The predicted octanol–water partition coefficient (Wildman–Crippen LogP) is 4.08. The summed E-state index contributed by atoms with van der Waals surface area (Å²) in [5.41, 5.74) is -0.295.